The Morgan fingerprint density at radius 3 is 2.95 bits per heavy atom. The number of carbonyl (C=O) groups excluding carboxylic acids is 1. The summed E-state index contributed by atoms with van der Waals surface area (Å²) in [5, 5.41) is 0.598. The third-order valence-corrected chi connectivity index (χ3v) is 5.02. The van der Waals surface area contributed by atoms with E-state index < -0.39 is 0 Å². The van der Waals surface area contributed by atoms with Crippen LogP contribution < -0.4 is 0 Å². The number of ether oxygens (including phenoxy) is 1. The molecule has 0 radical (unpaired) electrons. The zero-order valence-corrected chi connectivity index (χ0v) is 14.1. The maximum absolute atomic E-state index is 12.5. The first-order chi connectivity index (χ1) is 9.02. The number of hydrogen-bond donors (Lipinski definition) is 0. The lowest BCUT2D eigenvalue weighted by molar-refractivity contribution is -0.0371. The fraction of sp³-hybridized carbons (Fsp3) is 0.462. The van der Waals surface area contributed by atoms with Crippen LogP contribution in [-0.2, 0) is 4.74 Å². The van der Waals surface area contributed by atoms with Crippen molar-refractivity contribution >= 4 is 51.7 Å². The van der Waals surface area contributed by atoms with Gasteiger partial charge in [0.1, 0.15) is 0 Å². The van der Waals surface area contributed by atoms with Gasteiger partial charge in [0.2, 0.25) is 0 Å². The van der Waals surface area contributed by atoms with E-state index in [0.29, 0.717) is 29.6 Å². The molecule has 1 amide bonds. The molecule has 2 atom stereocenters. The summed E-state index contributed by atoms with van der Waals surface area (Å²) in [6.07, 6.45) is -0.0962. The van der Waals surface area contributed by atoms with Crippen LogP contribution in [0.4, 0.5) is 0 Å². The predicted octanol–water partition coefficient (Wildman–Crippen LogP) is 3.41. The van der Waals surface area contributed by atoms with Crippen LogP contribution in [0.1, 0.15) is 17.3 Å². The molecule has 104 valence electrons. The minimum atomic E-state index is -0.0962. The van der Waals surface area contributed by atoms with E-state index >= 15 is 0 Å². The molecule has 2 rings (SSSR count). The lowest BCUT2D eigenvalue weighted by Gasteiger charge is -2.37. The number of rotatable bonds is 2. The van der Waals surface area contributed by atoms with Gasteiger partial charge in [-0.2, -0.15) is 0 Å². The first-order valence-corrected chi connectivity index (χ1v) is 7.95. The topological polar surface area (TPSA) is 29.5 Å². The molecule has 19 heavy (non-hydrogen) atoms. The number of morpholine rings is 1. The summed E-state index contributed by atoms with van der Waals surface area (Å²) < 4.78 is 6.48. The molecule has 0 aromatic heterocycles. The Morgan fingerprint density at radius 2 is 2.32 bits per heavy atom. The third kappa shape index (κ3) is 3.54. The molecular weight excluding hydrogens is 400 g/mol. The van der Waals surface area contributed by atoms with Gasteiger partial charge in [0.15, 0.2) is 0 Å². The van der Waals surface area contributed by atoms with E-state index in [4.69, 9.17) is 27.9 Å². The highest BCUT2D eigenvalue weighted by Gasteiger charge is 2.29. The highest BCUT2D eigenvalue weighted by molar-refractivity contribution is 14.1. The maximum atomic E-state index is 12.5. The van der Waals surface area contributed by atoms with E-state index in [0.717, 1.165) is 3.57 Å². The van der Waals surface area contributed by atoms with Crippen molar-refractivity contribution in [1.82, 2.24) is 4.90 Å². The Balaban J connectivity index is 2.19. The molecule has 0 saturated carbocycles. The fourth-order valence-corrected chi connectivity index (χ4v) is 2.69. The summed E-state index contributed by atoms with van der Waals surface area (Å²) in [4.78, 5) is 14.3. The van der Waals surface area contributed by atoms with Crippen LogP contribution in [0.3, 0.4) is 0 Å². The van der Waals surface area contributed by atoms with Crippen molar-refractivity contribution in [2.24, 2.45) is 0 Å². The Hall–Kier alpha value is -0.0400. The van der Waals surface area contributed by atoms with E-state index in [2.05, 4.69) is 22.6 Å². The molecule has 1 heterocycles. The molecule has 1 aromatic rings. The van der Waals surface area contributed by atoms with Crippen LogP contribution in [0.2, 0.25) is 5.02 Å². The number of halogens is 3. The quantitative estimate of drug-likeness (QED) is 0.549. The van der Waals surface area contributed by atoms with Gasteiger partial charge in [0, 0.05) is 15.7 Å². The molecule has 0 aliphatic carbocycles. The van der Waals surface area contributed by atoms with Gasteiger partial charge in [0.05, 0.1) is 29.7 Å². The van der Waals surface area contributed by atoms with Crippen molar-refractivity contribution in [1.29, 1.82) is 0 Å². The number of benzene rings is 1. The van der Waals surface area contributed by atoms with Gasteiger partial charge in [-0.1, -0.05) is 11.6 Å². The molecule has 3 nitrogen and oxygen atoms in total. The molecule has 1 saturated heterocycles. The molecule has 1 aliphatic heterocycles. The first kappa shape index (κ1) is 15.4. The van der Waals surface area contributed by atoms with Gasteiger partial charge in [0.25, 0.3) is 5.91 Å². The van der Waals surface area contributed by atoms with Crippen LogP contribution in [0.15, 0.2) is 18.2 Å². The molecule has 2 unspecified atom stereocenters. The van der Waals surface area contributed by atoms with Crippen LogP contribution >= 0.6 is 45.8 Å². The smallest absolute Gasteiger partial charge is 0.254 e. The molecule has 1 aliphatic rings. The summed E-state index contributed by atoms with van der Waals surface area (Å²) >= 11 is 14.0. The average molecular weight is 414 g/mol. The zero-order valence-electron chi connectivity index (χ0n) is 10.4. The molecule has 0 bridgehead atoms. The highest BCUT2D eigenvalue weighted by Crippen LogP contribution is 2.22. The van der Waals surface area contributed by atoms with Crippen LogP contribution in [-0.4, -0.2) is 42.0 Å². The fourth-order valence-electron chi connectivity index (χ4n) is 1.99. The molecular formula is C13H14Cl2INO2. The lowest BCUT2D eigenvalue weighted by Crippen LogP contribution is -2.51. The van der Waals surface area contributed by atoms with Gasteiger partial charge < -0.3 is 9.64 Å². The van der Waals surface area contributed by atoms with Crippen LogP contribution in [0.25, 0.3) is 0 Å². The summed E-state index contributed by atoms with van der Waals surface area (Å²) in [6.45, 7) is 3.00. The Morgan fingerprint density at radius 1 is 1.58 bits per heavy atom. The van der Waals surface area contributed by atoms with Crippen molar-refractivity contribution in [3.05, 3.63) is 32.4 Å². The molecule has 1 fully saturated rings. The molecule has 0 N–H and O–H groups in total. The van der Waals surface area contributed by atoms with Crippen LogP contribution in [0, 0.1) is 3.57 Å². The first-order valence-electron chi connectivity index (χ1n) is 5.96. The van der Waals surface area contributed by atoms with E-state index in [1.54, 1.807) is 17.0 Å². The minimum absolute atomic E-state index is 0.0239. The van der Waals surface area contributed by atoms with Crippen molar-refractivity contribution in [2.45, 2.75) is 19.1 Å². The number of hydrogen-bond acceptors (Lipinski definition) is 2. The standard InChI is InChI=1S/C13H14Cl2INO2/c1-8-7-19-10(5-14)6-17(8)13(18)9-2-3-12(16)11(15)4-9/h2-4,8,10H,5-7H2,1H3. The monoisotopic (exact) mass is 413 g/mol. The van der Waals surface area contributed by atoms with Gasteiger partial charge in [-0.3, -0.25) is 4.79 Å². The maximum Gasteiger partial charge on any atom is 0.254 e. The molecule has 1 aromatic carbocycles. The third-order valence-electron chi connectivity index (χ3n) is 3.11. The second-order valence-electron chi connectivity index (χ2n) is 4.55. The normalized spacial score (nSPS) is 23.5. The minimum Gasteiger partial charge on any atom is -0.373 e. The second-order valence-corrected chi connectivity index (χ2v) is 6.42. The second kappa shape index (κ2) is 6.61. The summed E-state index contributed by atoms with van der Waals surface area (Å²) in [5.41, 5.74) is 0.604. The van der Waals surface area contributed by atoms with E-state index in [-0.39, 0.29) is 18.1 Å². The van der Waals surface area contributed by atoms with E-state index in [9.17, 15) is 4.79 Å². The summed E-state index contributed by atoms with van der Waals surface area (Å²) in [7, 11) is 0. The van der Waals surface area contributed by atoms with Gasteiger partial charge >= 0.3 is 0 Å². The summed E-state index contributed by atoms with van der Waals surface area (Å²) in [6, 6.07) is 5.41. The predicted molar refractivity (Wildman–Crippen MR) is 85.1 cm³/mol. The van der Waals surface area contributed by atoms with Gasteiger partial charge in [-0.05, 0) is 47.7 Å². The lowest BCUT2D eigenvalue weighted by atomic mass is 10.1. The van der Waals surface area contributed by atoms with E-state index in [1.165, 1.54) is 0 Å². The van der Waals surface area contributed by atoms with Crippen LogP contribution in [0.5, 0.6) is 0 Å². The Bertz CT molecular complexity index is 484. The molecule has 0 spiro atoms. The number of nitrogens with zero attached hydrogens (tertiary/aromatic N) is 1. The Kier molecular flexibility index (Phi) is 5.34. The Labute approximate surface area is 136 Å². The largest absolute Gasteiger partial charge is 0.373 e. The number of alkyl halides is 1. The SMILES string of the molecule is CC1COC(CCl)CN1C(=O)c1ccc(I)c(Cl)c1. The van der Waals surface area contributed by atoms with Gasteiger partial charge in [-0.15, -0.1) is 11.6 Å². The van der Waals surface area contributed by atoms with E-state index in [1.807, 2.05) is 13.0 Å². The van der Waals surface area contributed by atoms with Crippen molar-refractivity contribution in [3.63, 3.8) is 0 Å². The average Bonchev–Trinajstić information content (AvgIpc) is 2.41. The molecule has 6 heteroatoms. The van der Waals surface area contributed by atoms with Gasteiger partial charge in [-0.25, -0.2) is 0 Å². The number of carbonyl (C=O) groups is 1. The summed E-state index contributed by atoms with van der Waals surface area (Å²) in [5.74, 6) is 0.369. The highest BCUT2D eigenvalue weighted by atomic mass is 127. The van der Waals surface area contributed by atoms with Crippen molar-refractivity contribution in [2.75, 3.05) is 19.0 Å². The van der Waals surface area contributed by atoms with Crippen molar-refractivity contribution < 1.29 is 9.53 Å². The zero-order chi connectivity index (χ0) is 14.0. The number of amides is 1. The van der Waals surface area contributed by atoms with Crippen molar-refractivity contribution in [3.8, 4) is 0 Å².